The molecule has 92 valence electrons. The van der Waals surface area contributed by atoms with E-state index in [4.69, 9.17) is 0 Å². The van der Waals surface area contributed by atoms with Crippen LogP contribution in [0.1, 0.15) is 6.92 Å². The molecule has 1 aromatic rings. The minimum atomic E-state index is -0.0499. The minimum absolute atomic E-state index is 0.0499. The molecule has 0 saturated heterocycles. The normalized spacial score (nSPS) is 19.8. The van der Waals surface area contributed by atoms with Crippen LogP contribution in [0, 0.1) is 0 Å². The van der Waals surface area contributed by atoms with Gasteiger partial charge in [-0.05, 0) is 24.4 Å². The molecule has 1 aliphatic heterocycles. The zero-order valence-electron chi connectivity index (χ0n) is 10.5. The molecule has 2 heterocycles. The van der Waals surface area contributed by atoms with Crippen LogP contribution in [0.5, 0.6) is 0 Å². The minimum Gasteiger partial charge on any atom is -0.359 e. The van der Waals surface area contributed by atoms with Crippen molar-refractivity contribution in [1.82, 2.24) is 10.2 Å². The van der Waals surface area contributed by atoms with Gasteiger partial charge in [0.2, 0.25) is 11.9 Å². The molecule has 1 aliphatic rings. The van der Waals surface area contributed by atoms with Gasteiger partial charge in [0.25, 0.3) is 0 Å². The zero-order chi connectivity index (χ0) is 12.4. The Morgan fingerprint density at radius 3 is 2.82 bits per heavy atom. The number of aliphatic imine (C=N–C) groups is 2. The monoisotopic (exact) mass is 251 g/mol. The Morgan fingerprint density at radius 1 is 1.47 bits per heavy atom. The van der Waals surface area contributed by atoms with Gasteiger partial charge in [0.05, 0.1) is 5.00 Å². The van der Waals surface area contributed by atoms with E-state index in [9.17, 15) is 0 Å². The molecule has 1 aromatic heterocycles. The van der Waals surface area contributed by atoms with Gasteiger partial charge in [0, 0.05) is 21.1 Å². The van der Waals surface area contributed by atoms with Gasteiger partial charge in [-0.15, -0.1) is 11.3 Å². The van der Waals surface area contributed by atoms with Gasteiger partial charge in [-0.2, -0.15) is 0 Å². The average molecular weight is 251 g/mol. The Hall–Kier alpha value is -1.56. The summed E-state index contributed by atoms with van der Waals surface area (Å²) in [6.07, 6.45) is -0.0499. The van der Waals surface area contributed by atoms with Gasteiger partial charge >= 0.3 is 0 Å². The molecule has 0 saturated carbocycles. The molecule has 0 radical (unpaired) electrons. The number of nitrogens with one attached hydrogen (secondary N) is 1. The number of rotatable bonds is 1. The molecule has 0 bridgehead atoms. The summed E-state index contributed by atoms with van der Waals surface area (Å²) in [6, 6.07) is 4.12. The molecule has 0 spiro atoms. The van der Waals surface area contributed by atoms with Gasteiger partial charge in [0.1, 0.15) is 6.17 Å². The van der Waals surface area contributed by atoms with E-state index in [1.54, 1.807) is 11.3 Å². The van der Waals surface area contributed by atoms with Crippen molar-refractivity contribution in [3.05, 3.63) is 17.5 Å². The predicted molar refractivity (Wildman–Crippen MR) is 73.9 cm³/mol. The Morgan fingerprint density at radius 2 is 2.24 bits per heavy atom. The van der Waals surface area contributed by atoms with Crippen molar-refractivity contribution in [2.75, 3.05) is 26.0 Å². The first-order valence-electron chi connectivity index (χ1n) is 5.47. The molecule has 6 heteroatoms. The summed E-state index contributed by atoms with van der Waals surface area (Å²) >= 11 is 1.69. The standard InChI is InChI=1S/C11H17N5S/c1-8-13-10(12-2)16(4)11(14-8)15(3)9-6-5-7-17-9/h5-8H,1-4H3,(H,12,13). The predicted octanol–water partition coefficient (Wildman–Crippen LogP) is 1.41. The number of hydrogen-bond acceptors (Lipinski definition) is 6. The number of hydrogen-bond donors (Lipinski definition) is 1. The highest BCUT2D eigenvalue weighted by Gasteiger charge is 2.23. The van der Waals surface area contributed by atoms with Gasteiger partial charge in [-0.1, -0.05) is 0 Å². The van der Waals surface area contributed by atoms with Crippen molar-refractivity contribution >= 4 is 28.3 Å². The van der Waals surface area contributed by atoms with Crippen LogP contribution >= 0.6 is 11.3 Å². The maximum absolute atomic E-state index is 4.56. The molecule has 17 heavy (non-hydrogen) atoms. The van der Waals surface area contributed by atoms with Gasteiger partial charge in [-0.25, -0.2) is 9.98 Å². The highest BCUT2D eigenvalue weighted by atomic mass is 32.1. The van der Waals surface area contributed by atoms with Crippen LogP contribution in [0.2, 0.25) is 0 Å². The molecule has 1 N–H and O–H groups in total. The van der Waals surface area contributed by atoms with E-state index in [0.717, 1.165) is 11.9 Å². The van der Waals surface area contributed by atoms with Crippen LogP contribution in [0.3, 0.4) is 0 Å². The van der Waals surface area contributed by atoms with Crippen molar-refractivity contribution in [1.29, 1.82) is 0 Å². The van der Waals surface area contributed by atoms with E-state index < -0.39 is 0 Å². The third-order valence-corrected chi connectivity index (χ3v) is 3.53. The Labute approximate surface area is 105 Å². The second kappa shape index (κ2) is 4.75. The molecule has 1 unspecified atom stereocenters. The molecule has 2 rings (SSSR count). The van der Waals surface area contributed by atoms with Crippen molar-refractivity contribution in [3.8, 4) is 0 Å². The van der Waals surface area contributed by atoms with Crippen molar-refractivity contribution in [3.63, 3.8) is 0 Å². The number of anilines is 1. The quantitative estimate of drug-likeness (QED) is 0.820. The summed E-state index contributed by atoms with van der Waals surface area (Å²) in [6.45, 7) is 1.98. The highest BCUT2D eigenvalue weighted by molar-refractivity contribution is 7.14. The highest BCUT2D eigenvalue weighted by Crippen LogP contribution is 2.22. The molecule has 0 amide bonds. The van der Waals surface area contributed by atoms with Gasteiger partial charge < -0.3 is 10.2 Å². The number of nitrogens with zero attached hydrogens (tertiary/aromatic N) is 4. The van der Waals surface area contributed by atoms with E-state index in [-0.39, 0.29) is 6.17 Å². The fourth-order valence-electron chi connectivity index (χ4n) is 1.74. The summed E-state index contributed by atoms with van der Waals surface area (Å²) in [5.41, 5.74) is 0. The molecule has 0 fully saturated rings. The Bertz CT molecular complexity index is 437. The van der Waals surface area contributed by atoms with Crippen LogP contribution in [-0.2, 0) is 0 Å². The lowest BCUT2D eigenvalue weighted by atomic mass is 10.5. The van der Waals surface area contributed by atoms with Crippen LogP contribution in [0.15, 0.2) is 27.5 Å². The topological polar surface area (TPSA) is 43.2 Å². The van der Waals surface area contributed by atoms with E-state index in [2.05, 4.69) is 31.6 Å². The number of thiophene rings is 1. The largest absolute Gasteiger partial charge is 0.359 e. The van der Waals surface area contributed by atoms with E-state index in [1.807, 2.05) is 39.0 Å². The first kappa shape index (κ1) is 11.9. The lowest BCUT2D eigenvalue weighted by molar-refractivity contribution is 0.619. The van der Waals surface area contributed by atoms with Crippen molar-refractivity contribution in [2.45, 2.75) is 13.1 Å². The molecular formula is C11H17N5S. The maximum atomic E-state index is 4.56. The van der Waals surface area contributed by atoms with Crippen molar-refractivity contribution in [2.24, 2.45) is 9.98 Å². The second-order valence-electron chi connectivity index (χ2n) is 3.83. The smallest absolute Gasteiger partial charge is 0.210 e. The first-order valence-corrected chi connectivity index (χ1v) is 6.35. The van der Waals surface area contributed by atoms with Gasteiger partial charge in [-0.3, -0.25) is 4.90 Å². The second-order valence-corrected chi connectivity index (χ2v) is 4.76. The average Bonchev–Trinajstić information content (AvgIpc) is 2.84. The summed E-state index contributed by atoms with van der Waals surface area (Å²) in [5.74, 6) is 1.74. The maximum Gasteiger partial charge on any atom is 0.210 e. The molecule has 0 aliphatic carbocycles. The zero-order valence-corrected chi connectivity index (χ0v) is 11.3. The Balaban J connectivity index is 2.26. The van der Waals surface area contributed by atoms with E-state index in [0.29, 0.717) is 0 Å². The molecule has 0 aromatic carbocycles. The van der Waals surface area contributed by atoms with Crippen LogP contribution < -0.4 is 10.2 Å². The van der Waals surface area contributed by atoms with Crippen LogP contribution in [0.4, 0.5) is 5.00 Å². The third kappa shape index (κ3) is 2.26. The van der Waals surface area contributed by atoms with E-state index >= 15 is 0 Å². The molecule has 1 atom stereocenters. The SMILES string of the molecule is CNC1=NC(C)N=C(N(C)c2cccs2)N1C. The van der Waals surface area contributed by atoms with E-state index in [1.165, 1.54) is 5.00 Å². The molecular weight excluding hydrogens is 234 g/mol. The summed E-state index contributed by atoms with van der Waals surface area (Å²) in [4.78, 5) is 13.0. The van der Waals surface area contributed by atoms with Crippen molar-refractivity contribution < 1.29 is 0 Å². The fraction of sp³-hybridized carbons (Fsp3) is 0.455. The first-order chi connectivity index (χ1) is 8.13. The number of guanidine groups is 2. The third-order valence-electron chi connectivity index (χ3n) is 2.59. The summed E-state index contributed by atoms with van der Waals surface area (Å²) in [7, 11) is 5.85. The lowest BCUT2D eigenvalue weighted by Crippen LogP contribution is -2.50. The van der Waals surface area contributed by atoms with Crippen LogP contribution in [-0.4, -0.2) is 44.1 Å². The Kier molecular flexibility index (Phi) is 3.33. The summed E-state index contributed by atoms with van der Waals surface area (Å²) < 4.78 is 0. The molecule has 5 nitrogen and oxygen atoms in total. The fourth-order valence-corrected chi connectivity index (χ4v) is 2.44. The van der Waals surface area contributed by atoms with Crippen LogP contribution in [0.25, 0.3) is 0 Å². The summed E-state index contributed by atoms with van der Waals surface area (Å²) in [5, 5.41) is 6.31. The van der Waals surface area contributed by atoms with Gasteiger partial charge in [0.15, 0.2) is 0 Å². The lowest BCUT2D eigenvalue weighted by Gasteiger charge is -2.32.